The Bertz CT molecular complexity index is 608. The van der Waals surface area contributed by atoms with Crippen molar-refractivity contribution in [2.24, 2.45) is 0 Å². The first-order chi connectivity index (χ1) is 20.5. The molecule has 0 saturated heterocycles. The van der Waals surface area contributed by atoms with Crippen LogP contribution in [0.25, 0.3) is 0 Å². The Labute approximate surface area is 270 Å². The maximum absolute atomic E-state index is 11.8. The number of aliphatic carboxylic acids is 2. The van der Waals surface area contributed by atoms with Crippen LogP contribution in [-0.2, 0) is 19.2 Å². The van der Waals surface area contributed by atoms with Crippen LogP contribution < -0.4 is 0 Å². The first-order valence-electron chi connectivity index (χ1n) is 18.0. The first kappa shape index (κ1) is 46.5. The van der Waals surface area contributed by atoms with Gasteiger partial charge in [-0.2, -0.15) is 0 Å². The molecule has 0 saturated carbocycles. The number of carboxylic acid groups (broad SMARTS) is 2. The zero-order chi connectivity index (χ0) is 33.2. The molecule has 0 aromatic carbocycles. The summed E-state index contributed by atoms with van der Waals surface area (Å²) in [7, 11) is 0. The number of hydrogen-bond donors (Lipinski definition) is 2. The molecule has 0 amide bonds. The van der Waals surface area contributed by atoms with E-state index in [1.54, 1.807) is 13.8 Å². The monoisotopic (exact) mass is 720 g/mol. The van der Waals surface area contributed by atoms with Crippen molar-refractivity contribution in [2.75, 3.05) is 0 Å². The SMILES string of the molecule is CCCCCCCCCCCC(=O)O.CCCCCCCCCCCC(=O)O.CCC[CH2][Sn]([CH2]CCC)([C](C)=O)[C](C)=O. The van der Waals surface area contributed by atoms with E-state index in [0.29, 0.717) is 12.8 Å². The third-order valence-electron chi connectivity index (χ3n) is 8.25. The Morgan fingerprint density at radius 1 is 0.395 bits per heavy atom. The molecule has 0 aliphatic heterocycles. The molecule has 6 nitrogen and oxygen atoms in total. The molecule has 0 aromatic rings. The van der Waals surface area contributed by atoms with Gasteiger partial charge >= 0.3 is 110 Å². The van der Waals surface area contributed by atoms with Crippen LogP contribution in [0.2, 0.25) is 8.87 Å². The maximum atomic E-state index is 11.8. The van der Waals surface area contributed by atoms with Crippen LogP contribution in [0.4, 0.5) is 0 Å². The predicted molar refractivity (Wildman–Crippen MR) is 186 cm³/mol. The standard InChI is InChI=1S/2C12H24O2.2C4H9.2C2H3O.Sn/c2*1-2-3-4-5-6-7-8-9-10-11-12(13)14;2*1-3-4-2;2*1-2-3;/h2*2-11H2,1H3,(H,13,14);2*1,3-4H2,2H3;2*1H3;. The van der Waals surface area contributed by atoms with Crippen LogP contribution >= 0.6 is 0 Å². The molecule has 0 aromatic heterocycles. The fourth-order valence-corrected chi connectivity index (χ4v) is 16.8. The summed E-state index contributed by atoms with van der Waals surface area (Å²) in [5, 5.41) is 16.8. The van der Waals surface area contributed by atoms with E-state index in [1.165, 1.54) is 89.9 Å². The number of carbonyl (C=O) groups excluding carboxylic acids is 2. The van der Waals surface area contributed by atoms with Gasteiger partial charge in [0, 0.05) is 12.8 Å². The van der Waals surface area contributed by atoms with E-state index in [-0.39, 0.29) is 7.60 Å². The summed E-state index contributed by atoms with van der Waals surface area (Å²) in [6, 6.07) is 0. The average Bonchev–Trinajstić information content (AvgIpc) is 2.95. The first-order valence-corrected chi connectivity index (χ1v) is 24.9. The summed E-state index contributed by atoms with van der Waals surface area (Å²) >= 11 is -3.09. The summed E-state index contributed by atoms with van der Waals surface area (Å²) in [6.45, 7) is 12.0. The zero-order valence-electron chi connectivity index (χ0n) is 29.4. The minimum atomic E-state index is -3.09. The van der Waals surface area contributed by atoms with Gasteiger partial charge in [0.05, 0.1) is 0 Å². The van der Waals surface area contributed by atoms with Crippen molar-refractivity contribution >= 4 is 37.9 Å². The molecule has 0 heterocycles. The van der Waals surface area contributed by atoms with Crippen LogP contribution in [0.3, 0.4) is 0 Å². The second kappa shape index (κ2) is 35.6. The van der Waals surface area contributed by atoms with Crippen molar-refractivity contribution in [3.8, 4) is 0 Å². The van der Waals surface area contributed by atoms with E-state index in [0.717, 1.165) is 60.2 Å². The number of carbonyl (C=O) groups is 4. The van der Waals surface area contributed by atoms with Crippen LogP contribution in [-0.4, -0.2) is 48.1 Å². The van der Waals surface area contributed by atoms with E-state index in [9.17, 15) is 19.2 Å². The molecule has 0 fully saturated rings. The molecule has 0 aliphatic rings. The molecule has 256 valence electrons. The number of rotatable bonds is 28. The molecule has 0 radical (unpaired) electrons. The van der Waals surface area contributed by atoms with Gasteiger partial charge in [-0.25, -0.2) is 0 Å². The molecule has 7 heteroatoms. The molecular formula is C36H72O6Sn. The van der Waals surface area contributed by atoms with E-state index >= 15 is 0 Å². The van der Waals surface area contributed by atoms with Gasteiger partial charge in [0.15, 0.2) is 0 Å². The molecule has 43 heavy (non-hydrogen) atoms. The van der Waals surface area contributed by atoms with Crippen LogP contribution in [0.15, 0.2) is 0 Å². The topological polar surface area (TPSA) is 109 Å². The Balaban J connectivity index is -0.000000559. The molecule has 2 N–H and O–H groups in total. The molecule has 0 aliphatic carbocycles. The van der Waals surface area contributed by atoms with Gasteiger partial charge in [-0.3, -0.25) is 9.59 Å². The number of unbranched alkanes of at least 4 members (excludes halogenated alkanes) is 18. The molecule has 0 bridgehead atoms. The summed E-state index contributed by atoms with van der Waals surface area (Å²) in [6.07, 6.45) is 27.2. The average molecular weight is 720 g/mol. The van der Waals surface area contributed by atoms with E-state index in [2.05, 4.69) is 27.7 Å². The summed E-state index contributed by atoms with van der Waals surface area (Å²) in [5.41, 5.74) is 0. The Kier molecular flexibility index (Phi) is 38.4. The quantitative estimate of drug-likeness (QED) is 0.0615. The molecule has 0 atom stereocenters. The Morgan fingerprint density at radius 3 is 0.837 bits per heavy atom. The van der Waals surface area contributed by atoms with Crippen molar-refractivity contribution in [1.82, 2.24) is 0 Å². The van der Waals surface area contributed by atoms with Crippen molar-refractivity contribution in [3.05, 3.63) is 0 Å². The third-order valence-corrected chi connectivity index (χ3v) is 22.8. The van der Waals surface area contributed by atoms with Gasteiger partial charge in [0.1, 0.15) is 0 Å². The normalized spacial score (nSPS) is 10.7. The van der Waals surface area contributed by atoms with Crippen LogP contribution in [0.5, 0.6) is 0 Å². The molecule has 0 spiro atoms. The number of hydrogen-bond acceptors (Lipinski definition) is 4. The second-order valence-electron chi connectivity index (χ2n) is 12.3. The van der Waals surface area contributed by atoms with Crippen LogP contribution in [0.1, 0.15) is 196 Å². The van der Waals surface area contributed by atoms with E-state index in [1.807, 2.05) is 0 Å². The number of carboxylic acids is 2. The third kappa shape index (κ3) is 33.8. The summed E-state index contributed by atoms with van der Waals surface area (Å²) in [4.78, 5) is 44.0. The second-order valence-corrected chi connectivity index (χ2v) is 25.4. The van der Waals surface area contributed by atoms with Crippen molar-refractivity contribution < 1.29 is 29.4 Å². The van der Waals surface area contributed by atoms with E-state index < -0.39 is 30.3 Å². The van der Waals surface area contributed by atoms with Crippen LogP contribution in [0, 0.1) is 0 Å². The van der Waals surface area contributed by atoms with Gasteiger partial charge in [0.25, 0.3) is 0 Å². The molecular weight excluding hydrogens is 647 g/mol. The fourth-order valence-electron chi connectivity index (χ4n) is 5.21. The van der Waals surface area contributed by atoms with Gasteiger partial charge in [-0.1, -0.05) is 117 Å². The predicted octanol–water partition coefficient (Wildman–Crippen LogP) is 11.3. The van der Waals surface area contributed by atoms with Crippen molar-refractivity contribution in [3.63, 3.8) is 0 Å². The van der Waals surface area contributed by atoms with Gasteiger partial charge < -0.3 is 10.2 Å². The molecule has 0 unspecified atom stereocenters. The minimum absolute atomic E-state index is 0.263. The fraction of sp³-hybridized carbons (Fsp3) is 0.889. The Hall–Kier alpha value is -0.921. The summed E-state index contributed by atoms with van der Waals surface area (Å²) < 4.78 is 2.41. The van der Waals surface area contributed by atoms with Crippen molar-refractivity contribution in [1.29, 1.82) is 0 Å². The van der Waals surface area contributed by atoms with E-state index in [4.69, 9.17) is 10.2 Å². The van der Waals surface area contributed by atoms with Gasteiger partial charge in [-0.15, -0.1) is 0 Å². The van der Waals surface area contributed by atoms with Gasteiger partial charge in [0.2, 0.25) is 0 Å². The Morgan fingerprint density at radius 2 is 0.628 bits per heavy atom. The van der Waals surface area contributed by atoms with Gasteiger partial charge in [-0.05, 0) is 12.8 Å². The van der Waals surface area contributed by atoms with Crippen molar-refractivity contribution in [2.45, 2.75) is 205 Å². The summed E-state index contributed by atoms with van der Waals surface area (Å²) in [5.74, 6) is -1.32. The molecule has 0 rings (SSSR count). The zero-order valence-corrected chi connectivity index (χ0v) is 32.3.